The average molecular weight is 290 g/mol. The molecule has 0 aliphatic heterocycles. The summed E-state index contributed by atoms with van der Waals surface area (Å²) in [5.41, 5.74) is 0.0287. The lowest BCUT2D eigenvalue weighted by Gasteiger charge is -2.25. The normalized spacial score (nSPS) is 12.3. The van der Waals surface area contributed by atoms with Gasteiger partial charge in [-0.25, -0.2) is 4.39 Å². The van der Waals surface area contributed by atoms with E-state index in [0.717, 1.165) is 12.2 Å². The molecule has 5 heteroatoms. The van der Waals surface area contributed by atoms with Gasteiger partial charge in [0.05, 0.1) is 5.56 Å². The second kappa shape index (κ2) is 7.00. The van der Waals surface area contributed by atoms with Crippen LogP contribution >= 0.6 is 23.4 Å². The first-order valence-corrected chi connectivity index (χ1v) is 7.45. The molecule has 0 heterocycles. The number of hydrogen-bond donors (Lipinski definition) is 0. The highest BCUT2D eigenvalue weighted by atomic mass is 35.5. The fraction of sp³-hybridized carbons (Fsp3) is 0.462. The fourth-order valence-electron chi connectivity index (χ4n) is 1.53. The topological polar surface area (TPSA) is 20.3 Å². The van der Waals surface area contributed by atoms with Crippen LogP contribution in [0.1, 0.15) is 23.7 Å². The Balaban J connectivity index is 2.82. The number of amides is 1. The molecule has 2 nitrogen and oxygen atoms in total. The van der Waals surface area contributed by atoms with Crippen LogP contribution in [0.25, 0.3) is 0 Å². The molecule has 0 fully saturated rings. The Labute approximate surface area is 116 Å². The SMILES string of the molecule is CSCCC(C)N(C)C(=O)c1cc(Cl)ccc1F. The van der Waals surface area contributed by atoms with Crippen LogP contribution < -0.4 is 0 Å². The molecule has 0 spiro atoms. The lowest BCUT2D eigenvalue weighted by atomic mass is 10.1. The smallest absolute Gasteiger partial charge is 0.256 e. The van der Waals surface area contributed by atoms with Gasteiger partial charge in [-0.05, 0) is 43.6 Å². The van der Waals surface area contributed by atoms with Gasteiger partial charge < -0.3 is 4.90 Å². The van der Waals surface area contributed by atoms with Crippen molar-refractivity contribution in [1.29, 1.82) is 0 Å². The molecule has 0 aromatic heterocycles. The number of carbonyl (C=O) groups excluding carboxylic acids is 1. The molecule has 18 heavy (non-hydrogen) atoms. The van der Waals surface area contributed by atoms with Crippen molar-refractivity contribution in [3.63, 3.8) is 0 Å². The zero-order chi connectivity index (χ0) is 13.7. The standard InChI is InChI=1S/C13H17ClFNOS/c1-9(6-7-18-3)16(2)13(17)11-8-10(14)4-5-12(11)15/h4-5,8-9H,6-7H2,1-3H3. The number of halogens is 2. The number of nitrogens with zero attached hydrogens (tertiary/aromatic N) is 1. The summed E-state index contributed by atoms with van der Waals surface area (Å²) >= 11 is 7.52. The Hall–Kier alpha value is -0.740. The number of carbonyl (C=O) groups is 1. The third-order valence-electron chi connectivity index (χ3n) is 2.88. The highest BCUT2D eigenvalue weighted by Crippen LogP contribution is 2.18. The van der Waals surface area contributed by atoms with E-state index in [0.29, 0.717) is 5.02 Å². The minimum absolute atomic E-state index is 0.0287. The first-order valence-electron chi connectivity index (χ1n) is 5.68. The molecule has 100 valence electrons. The maximum absolute atomic E-state index is 13.6. The Morgan fingerprint density at radius 3 is 2.83 bits per heavy atom. The summed E-state index contributed by atoms with van der Waals surface area (Å²) in [6.45, 7) is 1.95. The lowest BCUT2D eigenvalue weighted by Crippen LogP contribution is -2.35. The molecule has 0 aliphatic carbocycles. The molecular weight excluding hydrogens is 273 g/mol. The van der Waals surface area contributed by atoms with Gasteiger partial charge in [0.15, 0.2) is 0 Å². The van der Waals surface area contributed by atoms with Gasteiger partial charge in [-0.2, -0.15) is 11.8 Å². The van der Waals surface area contributed by atoms with Crippen molar-refractivity contribution in [1.82, 2.24) is 4.90 Å². The van der Waals surface area contributed by atoms with Crippen molar-refractivity contribution < 1.29 is 9.18 Å². The van der Waals surface area contributed by atoms with Gasteiger partial charge in [-0.15, -0.1) is 0 Å². The van der Waals surface area contributed by atoms with Crippen molar-refractivity contribution in [3.05, 3.63) is 34.6 Å². The van der Waals surface area contributed by atoms with Gasteiger partial charge >= 0.3 is 0 Å². The van der Waals surface area contributed by atoms with E-state index in [2.05, 4.69) is 0 Å². The molecule has 0 saturated heterocycles. The monoisotopic (exact) mass is 289 g/mol. The molecule has 1 atom stereocenters. The van der Waals surface area contributed by atoms with Gasteiger partial charge in [0.1, 0.15) is 5.82 Å². The molecule has 1 aromatic carbocycles. The van der Waals surface area contributed by atoms with E-state index >= 15 is 0 Å². The second-order valence-electron chi connectivity index (χ2n) is 4.17. The highest BCUT2D eigenvalue weighted by molar-refractivity contribution is 7.98. The Morgan fingerprint density at radius 2 is 2.22 bits per heavy atom. The zero-order valence-electron chi connectivity index (χ0n) is 10.7. The van der Waals surface area contributed by atoms with Crippen LogP contribution in [0.4, 0.5) is 4.39 Å². The van der Waals surface area contributed by atoms with Gasteiger partial charge in [-0.1, -0.05) is 11.6 Å². The zero-order valence-corrected chi connectivity index (χ0v) is 12.3. The number of thioether (sulfide) groups is 1. The molecule has 0 saturated carbocycles. The van der Waals surface area contributed by atoms with E-state index in [1.54, 1.807) is 23.7 Å². The van der Waals surface area contributed by atoms with Crippen LogP contribution in [-0.2, 0) is 0 Å². The summed E-state index contributed by atoms with van der Waals surface area (Å²) in [4.78, 5) is 13.7. The van der Waals surface area contributed by atoms with Crippen LogP contribution in [0.5, 0.6) is 0 Å². The van der Waals surface area contributed by atoms with Crippen molar-refractivity contribution in [2.24, 2.45) is 0 Å². The van der Waals surface area contributed by atoms with Crippen molar-refractivity contribution >= 4 is 29.3 Å². The van der Waals surface area contributed by atoms with E-state index < -0.39 is 5.82 Å². The van der Waals surface area contributed by atoms with Crippen molar-refractivity contribution in [2.75, 3.05) is 19.1 Å². The average Bonchev–Trinajstić information content (AvgIpc) is 2.37. The summed E-state index contributed by atoms with van der Waals surface area (Å²) in [6, 6.07) is 4.10. The molecule has 0 N–H and O–H groups in total. The minimum Gasteiger partial charge on any atom is -0.339 e. The third kappa shape index (κ3) is 3.89. The quantitative estimate of drug-likeness (QED) is 0.824. The summed E-state index contributed by atoms with van der Waals surface area (Å²) in [5.74, 6) is 0.105. The molecule has 1 rings (SSSR count). The van der Waals surface area contributed by atoms with Crippen LogP contribution in [0, 0.1) is 5.82 Å². The van der Waals surface area contributed by atoms with E-state index in [9.17, 15) is 9.18 Å². The van der Waals surface area contributed by atoms with E-state index in [4.69, 9.17) is 11.6 Å². The number of hydrogen-bond acceptors (Lipinski definition) is 2. The van der Waals surface area contributed by atoms with Gasteiger partial charge in [-0.3, -0.25) is 4.79 Å². The van der Waals surface area contributed by atoms with Gasteiger partial charge in [0.25, 0.3) is 5.91 Å². The number of rotatable bonds is 5. The first kappa shape index (κ1) is 15.3. The Bertz CT molecular complexity index is 427. The summed E-state index contributed by atoms with van der Waals surface area (Å²) in [6.07, 6.45) is 2.90. The first-order chi connectivity index (χ1) is 8.47. The van der Waals surface area contributed by atoms with Crippen molar-refractivity contribution in [3.8, 4) is 0 Å². The highest BCUT2D eigenvalue weighted by Gasteiger charge is 2.20. The maximum Gasteiger partial charge on any atom is 0.256 e. The van der Waals surface area contributed by atoms with Crippen LogP contribution in [0.15, 0.2) is 18.2 Å². The molecule has 1 unspecified atom stereocenters. The minimum atomic E-state index is -0.534. The molecule has 1 aromatic rings. The Morgan fingerprint density at radius 1 is 1.56 bits per heavy atom. The second-order valence-corrected chi connectivity index (χ2v) is 5.59. The van der Waals surface area contributed by atoms with Gasteiger partial charge in [0.2, 0.25) is 0 Å². The van der Waals surface area contributed by atoms with Crippen molar-refractivity contribution in [2.45, 2.75) is 19.4 Å². The Kier molecular flexibility index (Phi) is 5.96. The van der Waals surface area contributed by atoms with E-state index in [1.165, 1.54) is 18.2 Å². The molecule has 1 amide bonds. The lowest BCUT2D eigenvalue weighted by molar-refractivity contribution is 0.0736. The molecule has 0 aliphatic rings. The largest absolute Gasteiger partial charge is 0.339 e. The predicted molar refractivity (Wildman–Crippen MR) is 76.0 cm³/mol. The molecule has 0 radical (unpaired) electrons. The fourth-order valence-corrected chi connectivity index (χ4v) is 2.28. The van der Waals surface area contributed by atoms with Crippen LogP contribution in [0.2, 0.25) is 5.02 Å². The molecule has 0 bridgehead atoms. The van der Waals surface area contributed by atoms with E-state index in [1.807, 2.05) is 13.2 Å². The summed E-state index contributed by atoms with van der Waals surface area (Å²) < 4.78 is 13.6. The third-order valence-corrected chi connectivity index (χ3v) is 3.76. The maximum atomic E-state index is 13.6. The van der Waals surface area contributed by atoms with Gasteiger partial charge in [0, 0.05) is 18.1 Å². The van der Waals surface area contributed by atoms with Crippen LogP contribution in [0.3, 0.4) is 0 Å². The summed E-state index contributed by atoms with van der Waals surface area (Å²) in [7, 11) is 1.69. The molecular formula is C13H17ClFNOS. The van der Waals surface area contributed by atoms with Crippen LogP contribution in [-0.4, -0.2) is 35.9 Å². The van der Waals surface area contributed by atoms with E-state index in [-0.39, 0.29) is 17.5 Å². The predicted octanol–water partition coefficient (Wildman–Crippen LogP) is 3.69. The summed E-state index contributed by atoms with van der Waals surface area (Å²) in [5, 5.41) is 0.366. The number of benzene rings is 1.